The number of nitrogens with zero attached hydrogens (tertiary/aromatic N) is 3. The van der Waals surface area contributed by atoms with E-state index in [1.54, 1.807) is 18.1 Å². The highest BCUT2D eigenvalue weighted by Gasteiger charge is 2.23. The first-order valence-corrected chi connectivity index (χ1v) is 8.44. The Kier molecular flexibility index (Phi) is 4.83. The zero-order valence-electron chi connectivity index (χ0n) is 14.2. The van der Waals surface area contributed by atoms with Crippen LogP contribution in [0.5, 0.6) is 0 Å². The van der Waals surface area contributed by atoms with Crippen LogP contribution in [0.15, 0.2) is 24.4 Å². The fourth-order valence-electron chi connectivity index (χ4n) is 3.22. The van der Waals surface area contributed by atoms with Crippen molar-refractivity contribution in [2.45, 2.75) is 45.1 Å². The third-order valence-electron chi connectivity index (χ3n) is 4.75. The largest absolute Gasteiger partial charge is 0.451 e. The molecule has 1 aliphatic carbocycles. The third kappa shape index (κ3) is 3.42. The average Bonchev–Trinajstić information content (AvgIpc) is 3.05. The van der Waals surface area contributed by atoms with E-state index in [1.165, 1.54) is 6.42 Å². The molecule has 0 aliphatic heterocycles. The van der Waals surface area contributed by atoms with Crippen LogP contribution in [-0.2, 0) is 9.53 Å². The molecule has 24 heavy (non-hydrogen) atoms. The highest BCUT2D eigenvalue weighted by molar-refractivity contribution is 5.90. The number of fused-ring (bicyclic) bond motifs is 1. The second-order valence-corrected chi connectivity index (χ2v) is 6.39. The summed E-state index contributed by atoms with van der Waals surface area (Å²) in [6.07, 6.45) is 7.25. The Morgan fingerprint density at radius 2 is 2.04 bits per heavy atom. The fourth-order valence-corrected chi connectivity index (χ4v) is 3.22. The maximum absolute atomic E-state index is 12.2. The Bertz CT molecular complexity index is 747. The van der Waals surface area contributed by atoms with Gasteiger partial charge in [0.1, 0.15) is 5.65 Å². The predicted molar refractivity (Wildman–Crippen MR) is 89.9 cm³/mol. The van der Waals surface area contributed by atoms with Crippen molar-refractivity contribution in [1.29, 1.82) is 0 Å². The van der Waals surface area contributed by atoms with Gasteiger partial charge < -0.3 is 14.0 Å². The van der Waals surface area contributed by atoms with Gasteiger partial charge in [-0.1, -0.05) is 25.3 Å². The molecule has 2 aromatic heterocycles. The van der Waals surface area contributed by atoms with Crippen LogP contribution >= 0.6 is 0 Å². The zero-order valence-corrected chi connectivity index (χ0v) is 14.2. The van der Waals surface area contributed by atoms with Crippen LogP contribution in [0, 0.1) is 6.92 Å². The Morgan fingerprint density at radius 1 is 1.29 bits per heavy atom. The highest BCUT2D eigenvalue weighted by atomic mass is 16.5. The summed E-state index contributed by atoms with van der Waals surface area (Å²) in [5, 5.41) is 0. The van der Waals surface area contributed by atoms with Crippen LogP contribution in [0.1, 0.15) is 48.3 Å². The number of carbonyl (C=O) groups is 2. The number of carbonyl (C=O) groups excluding carboxylic acids is 2. The predicted octanol–water partition coefficient (Wildman–Crippen LogP) is 2.59. The van der Waals surface area contributed by atoms with Crippen LogP contribution in [0.3, 0.4) is 0 Å². The zero-order chi connectivity index (χ0) is 17.1. The molecule has 6 nitrogen and oxygen atoms in total. The fraction of sp³-hybridized carbons (Fsp3) is 0.500. The van der Waals surface area contributed by atoms with E-state index in [1.807, 2.05) is 29.5 Å². The van der Waals surface area contributed by atoms with Gasteiger partial charge in [0.05, 0.1) is 0 Å². The van der Waals surface area contributed by atoms with Crippen molar-refractivity contribution >= 4 is 17.5 Å². The quantitative estimate of drug-likeness (QED) is 0.809. The summed E-state index contributed by atoms with van der Waals surface area (Å²) in [7, 11) is 1.79. The first-order valence-electron chi connectivity index (χ1n) is 8.44. The molecular formula is C18H23N3O3. The number of ether oxygens (including phenoxy) is 1. The summed E-state index contributed by atoms with van der Waals surface area (Å²) >= 11 is 0. The topological polar surface area (TPSA) is 63.9 Å². The summed E-state index contributed by atoms with van der Waals surface area (Å²) in [5.74, 6) is -0.723. The minimum atomic E-state index is -0.566. The van der Waals surface area contributed by atoms with Gasteiger partial charge in [-0.05, 0) is 31.9 Å². The van der Waals surface area contributed by atoms with E-state index in [-0.39, 0.29) is 24.2 Å². The van der Waals surface area contributed by atoms with Gasteiger partial charge in [-0.25, -0.2) is 9.78 Å². The van der Waals surface area contributed by atoms with Crippen LogP contribution < -0.4 is 0 Å². The van der Waals surface area contributed by atoms with Crippen LogP contribution in [0.2, 0.25) is 0 Å². The summed E-state index contributed by atoms with van der Waals surface area (Å²) in [6.45, 7) is 1.70. The molecular weight excluding hydrogens is 306 g/mol. The molecule has 2 heterocycles. The lowest BCUT2D eigenvalue weighted by Crippen LogP contribution is -2.40. The van der Waals surface area contributed by atoms with Crippen LogP contribution in [-0.4, -0.2) is 45.9 Å². The minimum absolute atomic E-state index is 0.157. The molecule has 1 aliphatic rings. The highest BCUT2D eigenvalue weighted by Crippen LogP contribution is 2.21. The molecule has 6 heteroatoms. The van der Waals surface area contributed by atoms with Gasteiger partial charge in [-0.2, -0.15) is 0 Å². The van der Waals surface area contributed by atoms with E-state index in [0.717, 1.165) is 31.4 Å². The lowest BCUT2D eigenvalue weighted by atomic mass is 9.94. The van der Waals surface area contributed by atoms with E-state index in [0.29, 0.717) is 5.65 Å². The van der Waals surface area contributed by atoms with Crippen LogP contribution in [0.4, 0.5) is 0 Å². The summed E-state index contributed by atoms with van der Waals surface area (Å²) in [6, 6.07) is 5.91. The maximum Gasteiger partial charge on any atom is 0.359 e. The van der Waals surface area contributed by atoms with Gasteiger partial charge in [0, 0.05) is 25.0 Å². The number of likely N-dealkylation sites (N-methyl/N-ethyl adjacent to an activating group) is 1. The van der Waals surface area contributed by atoms with Crippen molar-refractivity contribution in [2.24, 2.45) is 0 Å². The molecule has 1 fully saturated rings. The molecule has 0 radical (unpaired) electrons. The summed E-state index contributed by atoms with van der Waals surface area (Å²) < 4.78 is 6.99. The molecule has 0 saturated heterocycles. The van der Waals surface area contributed by atoms with Crippen molar-refractivity contribution in [3.05, 3.63) is 35.8 Å². The Morgan fingerprint density at radius 3 is 2.75 bits per heavy atom. The number of aromatic nitrogens is 2. The van der Waals surface area contributed by atoms with Crippen molar-refractivity contribution < 1.29 is 14.3 Å². The van der Waals surface area contributed by atoms with Crippen LogP contribution in [0.25, 0.3) is 5.65 Å². The molecule has 0 atom stereocenters. The second kappa shape index (κ2) is 7.03. The number of pyridine rings is 1. The third-order valence-corrected chi connectivity index (χ3v) is 4.75. The second-order valence-electron chi connectivity index (χ2n) is 6.39. The van der Waals surface area contributed by atoms with Crippen molar-refractivity contribution in [3.63, 3.8) is 0 Å². The van der Waals surface area contributed by atoms with E-state index >= 15 is 0 Å². The molecule has 0 spiro atoms. The summed E-state index contributed by atoms with van der Waals surface area (Å²) in [5.41, 5.74) is 1.89. The number of esters is 1. The molecule has 0 unspecified atom stereocenters. The van der Waals surface area contributed by atoms with Crippen molar-refractivity contribution in [1.82, 2.24) is 14.3 Å². The van der Waals surface area contributed by atoms with Gasteiger partial charge in [-0.3, -0.25) is 4.79 Å². The van der Waals surface area contributed by atoms with Gasteiger partial charge in [0.25, 0.3) is 5.91 Å². The van der Waals surface area contributed by atoms with E-state index < -0.39 is 5.97 Å². The first kappa shape index (κ1) is 16.5. The number of imidazole rings is 1. The van der Waals surface area contributed by atoms with Gasteiger partial charge >= 0.3 is 5.97 Å². The molecule has 0 aromatic carbocycles. The number of hydrogen-bond acceptors (Lipinski definition) is 4. The minimum Gasteiger partial charge on any atom is -0.451 e. The summed E-state index contributed by atoms with van der Waals surface area (Å²) in [4.78, 5) is 30.4. The standard InChI is InChI=1S/C18H23N3O3/c1-13-7-6-10-16-19-15(11-21(13)16)18(23)24-12-17(22)20(2)14-8-4-3-5-9-14/h6-7,10-11,14H,3-5,8-9,12H2,1-2H3. The lowest BCUT2D eigenvalue weighted by Gasteiger charge is -2.31. The average molecular weight is 329 g/mol. The number of hydrogen-bond donors (Lipinski definition) is 0. The Labute approximate surface area is 141 Å². The lowest BCUT2D eigenvalue weighted by molar-refractivity contribution is -0.135. The van der Waals surface area contributed by atoms with Gasteiger partial charge in [-0.15, -0.1) is 0 Å². The number of rotatable bonds is 4. The number of aryl methyl sites for hydroxylation is 1. The smallest absolute Gasteiger partial charge is 0.359 e. The molecule has 1 amide bonds. The first-order chi connectivity index (χ1) is 11.6. The van der Waals surface area contributed by atoms with E-state index in [9.17, 15) is 9.59 Å². The van der Waals surface area contributed by atoms with E-state index in [2.05, 4.69) is 4.98 Å². The Hall–Kier alpha value is -2.37. The monoisotopic (exact) mass is 329 g/mol. The molecule has 3 rings (SSSR count). The SMILES string of the molecule is Cc1cccc2nc(C(=O)OCC(=O)N(C)C3CCCCC3)cn12. The van der Waals surface area contributed by atoms with Crippen molar-refractivity contribution in [2.75, 3.05) is 13.7 Å². The molecule has 1 saturated carbocycles. The van der Waals surface area contributed by atoms with Crippen molar-refractivity contribution in [3.8, 4) is 0 Å². The Balaban J connectivity index is 1.59. The molecule has 0 bridgehead atoms. The molecule has 2 aromatic rings. The van der Waals surface area contributed by atoms with E-state index in [4.69, 9.17) is 4.74 Å². The molecule has 0 N–H and O–H groups in total. The van der Waals surface area contributed by atoms with Gasteiger partial charge in [0.15, 0.2) is 12.3 Å². The maximum atomic E-state index is 12.2. The molecule has 128 valence electrons. The normalized spacial score (nSPS) is 15.4. The van der Waals surface area contributed by atoms with Gasteiger partial charge in [0.2, 0.25) is 0 Å². The number of amides is 1.